The summed E-state index contributed by atoms with van der Waals surface area (Å²) in [6.45, 7) is 5.75. The fourth-order valence-corrected chi connectivity index (χ4v) is 7.58. The number of hydrogen-bond acceptors (Lipinski definition) is 5. The van der Waals surface area contributed by atoms with Crippen LogP contribution in [0.15, 0.2) is 0 Å². The Morgan fingerprint density at radius 2 is 0.647 bits per heavy atom. The lowest BCUT2D eigenvalue weighted by molar-refractivity contribution is -0.138. The second kappa shape index (κ2) is 15.2. The number of carboxylic acids is 5. The van der Waals surface area contributed by atoms with Gasteiger partial charge in [-0.15, -0.1) is 0 Å². The third kappa shape index (κ3) is 8.27. The van der Waals surface area contributed by atoms with Crippen molar-refractivity contribution in [2.24, 2.45) is 0 Å². The van der Waals surface area contributed by atoms with Crippen molar-refractivity contribution < 1.29 is 49.5 Å². The molecule has 1 aliphatic heterocycles. The number of hydrogen-bond donors (Lipinski definition) is 9. The van der Waals surface area contributed by atoms with Crippen LogP contribution in [0.1, 0.15) is 116 Å². The van der Waals surface area contributed by atoms with Gasteiger partial charge in [-0.25, -0.2) is 0 Å². The fraction of sp³-hybridized carbons (Fsp3) is 0.432. The van der Waals surface area contributed by atoms with Crippen molar-refractivity contribution in [2.45, 2.75) is 104 Å². The highest BCUT2D eigenvalue weighted by atomic mass is 16.4. The molecule has 0 amide bonds. The number of aromatic amines is 4. The van der Waals surface area contributed by atoms with Crippen LogP contribution < -0.4 is 0 Å². The van der Waals surface area contributed by atoms with Gasteiger partial charge in [0, 0.05) is 96.9 Å². The zero-order valence-electron chi connectivity index (χ0n) is 29.0. The molecule has 8 bridgehead atoms. The molecule has 9 N–H and O–H groups in total. The van der Waals surface area contributed by atoms with Crippen LogP contribution in [0.2, 0.25) is 0 Å². The second-order valence-corrected chi connectivity index (χ2v) is 13.4. The highest BCUT2D eigenvalue weighted by Crippen LogP contribution is 2.34. The Labute approximate surface area is 293 Å². The van der Waals surface area contributed by atoms with Crippen LogP contribution in [0.25, 0.3) is 0 Å². The van der Waals surface area contributed by atoms with E-state index in [4.69, 9.17) is 0 Å². The predicted octanol–water partition coefficient (Wildman–Crippen LogP) is 4.30. The quantitative estimate of drug-likeness (QED) is 0.0793. The maximum atomic E-state index is 12.2. The van der Waals surface area contributed by atoms with Crippen molar-refractivity contribution in [1.82, 2.24) is 19.9 Å². The summed E-state index contributed by atoms with van der Waals surface area (Å²) >= 11 is 0. The van der Waals surface area contributed by atoms with Gasteiger partial charge in [-0.05, 0) is 91.0 Å². The number of H-pyrrole nitrogens is 4. The van der Waals surface area contributed by atoms with Crippen LogP contribution >= 0.6 is 0 Å². The zero-order chi connectivity index (χ0) is 37.1. The van der Waals surface area contributed by atoms with Gasteiger partial charge in [-0.2, -0.15) is 0 Å². The van der Waals surface area contributed by atoms with Crippen LogP contribution in [0.3, 0.4) is 0 Å². The standard InChI is InChI=1S/C37H44N4O10/c1-17-20(4-8-33(42)43)28-14-26-19(3)22(6-10-35(46)47)30(40-26)16-32-24(12-37(50)51)23(7-11-36(48)49)31(41-32)15-27-18(2)21(5-9-34(44)45)29(39-27)13-25(17)38-28/h38-41H,4-16H2,1-3H3,(H,42,43)(H,44,45)(H,46,47)(H,48,49)(H,50,51). The van der Waals surface area contributed by atoms with E-state index in [1.807, 2.05) is 20.8 Å². The zero-order valence-corrected chi connectivity index (χ0v) is 29.0. The molecule has 1 aliphatic rings. The van der Waals surface area contributed by atoms with E-state index < -0.39 is 29.8 Å². The molecule has 5 rings (SSSR count). The number of carboxylic acid groups (broad SMARTS) is 5. The third-order valence-corrected chi connectivity index (χ3v) is 10.2. The molecule has 0 aliphatic carbocycles. The van der Waals surface area contributed by atoms with Gasteiger partial charge in [-0.1, -0.05) is 0 Å². The highest BCUT2D eigenvalue weighted by molar-refractivity contribution is 5.73. The van der Waals surface area contributed by atoms with E-state index in [1.54, 1.807) is 0 Å². The van der Waals surface area contributed by atoms with Gasteiger partial charge in [0.2, 0.25) is 0 Å². The average molecular weight is 705 g/mol. The molecule has 0 saturated heterocycles. The summed E-state index contributed by atoms with van der Waals surface area (Å²) in [6, 6.07) is 0. The van der Waals surface area contributed by atoms with Crippen LogP contribution in [-0.4, -0.2) is 75.3 Å². The van der Waals surface area contributed by atoms with E-state index in [2.05, 4.69) is 19.9 Å². The minimum atomic E-state index is -1.08. The van der Waals surface area contributed by atoms with Gasteiger partial charge >= 0.3 is 29.8 Å². The van der Waals surface area contributed by atoms with Crippen molar-refractivity contribution in [3.63, 3.8) is 0 Å². The summed E-state index contributed by atoms with van der Waals surface area (Å²) in [6.07, 6.45) is 1.22. The summed E-state index contributed by atoms with van der Waals surface area (Å²) in [5.41, 5.74) is 12.2. The topological polar surface area (TPSA) is 250 Å². The number of fused-ring (bicyclic) bond motifs is 8. The molecule has 4 aromatic rings. The average Bonchev–Trinajstić information content (AvgIpc) is 3.70. The highest BCUT2D eigenvalue weighted by Gasteiger charge is 2.27. The smallest absolute Gasteiger partial charge is 0.307 e. The number of aliphatic carboxylic acids is 5. The van der Waals surface area contributed by atoms with E-state index in [1.165, 1.54) is 0 Å². The number of carbonyl (C=O) groups is 5. The second-order valence-electron chi connectivity index (χ2n) is 13.4. The van der Waals surface area contributed by atoms with Crippen molar-refractivity contribution in [2.75, 3.05) is 0 Å². The first-order chi connectivity index (χ1) is 24.1. The lowest BCUT2D eigenvalue weighted by atomic mass is 9.95. The van der Waals surface area contributed by atoms with Crippen LogP contribution in [0.4, 0.5) is 0 Å². The Morgan fingerprint density at radius 1 is 0.392 bits per heavy atom. The molecule has 0 saturated carbocycles. The van der Waals surface area contributed by atoms with E-state index in [9.17, 15) is 49.5 Å². The molecule has 0 unspecified atom stereocenters. The molecule has 14 nitrogen and oxygen atoms in total. The molecule has 272 valence electrons. The number of nitrogens with one attached hydrogen (secondary N) is 4. The fourth-order valence-electron chi connectivity index (χ4n) is 7.58. The normalized spacial score (nSPS) is 12.6. The van der Waals surface area contributed by atoms with Gasteiger partial charge in [0.1, 0.15) is 0 Å². The van der Waals surface area contributed by atoms with Crippen LogP contribution in [0, 0.1) is 20.8 Å². The molecular formula is C37H44N4O10. The Hall–Kier alpha value is -5.53. The minimum Gasteiger partial charge on any atom is -0.481 e. The van der Waals surface area contributed by atoms with E-state index in [-0.39, 0.29) is 70.6 Å². The van der Waals surface area contributed by atoms with Gasteiger partial charge in [0.05, 0.1) is 6.42 Å². The van der Waals surface area contributed by atoms with Crippen molar-refractivity contribution in [3.05, 3.63) is 90.1 Å². The maximum absolute atomic E-state index is 12.2. The first-order valence-corrected chi connectivity index (χ1v) is 17.0. The Kier molecular flexibility index (Phi) is 10.9. The monoisotopic (exact) mass is 704 g/mol. The van der Waals surface area contributed by atoms with Gasteiger partial charge < -0.3 is 45.5 Å². The Bertz CT molecular complexity index is 2020. The Morgan fingerprint density at radius 3 is 0.961 bits per heavy atom. The first-order valence-electron chi connectivity index (χ1n) is 17.0. The van der Waals surface area contributed by atoms with Crippen molar-refractivity contribution >= 4 is 29.8 Å². The number of rotatable bonds is 14. The third-order valence-electron chi connectivity index (χ3n) is 10.2. The Balaban J connectivity index is 1.76. The van der Waals surface area contributed by atoms with E-state index in [0.717, 1.165) is 61.9 Å². The lowest BCUT2D eigenvalue weighted by Crippen LogP contribution is -2.08. The first kappa shape index (κ1) is 36.7. The summed E-state index contributed by atoms with van der Waals surface area (Å²) in [5.74, 6) is -4.94. The molecule has 0 radical (unpaired) electrons. The molecule has 14 heteroatoms. The van der Waals surface area contributed by atoms with E-state index >= 15 is 0 Å². The molecule has 4 aromatic heterocycles. The molecular weight excluding hydrogens is 660 g/mol. The summed E-state index contributed by atoms with van der Waals surface area (Å²) in [7, 11) is 0. The summed E-state index contributed by atoms with van der Waals surface area (Å²) < 4.78 is 0. The predicted molar refractivity (Wildman–Crippen MR) is 184 cm³/mol. The van der Waals surface area contributed by atoms with Crippen molar-refractivity contribution in [3.8, 4) is 0 Å². The van der Waals surface area contributed by atoms with Gasteiger partial charge in [-0.3, -0.25) is 24.0 Å². The van der Waals surface area contributed by atoms with E-state index in [0.29, 0.717) is 41.1 Å². The maximum Gasteiger partial charge on any atom is 0.307 e. The SMILES string of the molecule is Cc1c2[nH]c(c1CCC(=O)O)Cc1[nH]c(c(CCC(=O)O)c1C)Cc1[nH]c(c(CCC(=O)O)c1CC(=O)O)Cc1[nH]c(c(CCC(=O)O)c1C)C2. The van der Waals surface area contributed by atoms with Gasteiger partial charge in [0.25, 0.3) is 0 Å². The molecule has 0 spiro atoms. The summed E-state index contributed by atoms with van der Waals surface area (Å²) in [5, 5.41) is 48.3. The lowest BCUT2D eigenvalue weighted by Gasteiger charge is -2.08. The molecule has 0 fully saturated rings. The molecule has 51 heavy (non-hydrogen) atoms. The van der Waals surface area contributed by atoms with Gasteiger partial charge in [0.15, 0.2) is 0 Å². The van der Waals surface area contributed by atoms with Crippen molar-refractivity contribution in [1.29, 1.82) is 0 Å². The molecule has 0 atom stereocenters. The molecule has 0 aromatic carbocycles. The largest absolute Gasteiger partial charge is 0.481 e. The van der Waals surface area contributed by atoms with Crippen LogP contribution in [0.5, 0.6) is 0 Å². The van der Waals surface area contributed by atoms with Crippen LogP contribution in [-0.2, 0) is 81.8 Å². The minimum absolute atomic E-state index is 0.0783. The number of aromatic nitrogens is 4. The molecule has 5 heterocycles. The summed E-state index contributed by atoms with van der Waals surface area (Å²) in [4.78, 5) is 73.0.